The minimum atomic E-state index is -4.77. The Kier molecular flexibility index (Phi) is 11.3. The summed E-state index contributed by atoms with van der Waals surface area (Å²) < 4.78 is 46.3. The van der Waals surface area contributed by atoms with Gasteiger partial charge >= 0.3 is 6.36 Å². The minimum absolute atomic E-state index is 0.160. The molecule has 0 radical (unpaired) electrons. The van der Waals surface area contributed by atoms with E-state index >= 15 is 0 Å². The topological polar surface area (TPSA) is 156 Å². The van der Waals surface area contributed by atoms with Gasteiger partial charge in [0.1, 0.15) is 17.5 Å². The number of aliphatic hydroxyl groups is 5. The van der Waals surface area contributed by atoms with Crippen LogP contribution in [0.4, 0.5) is 13.2 Å². The van der Waals surface area contributed by atoms with Crippen molar-refractivity contribution >= 4 is 0 Å². The van der Waals surface area contributed by atoms with E-state index in [-0.39, 0.29) is 25.1 Å². The number of halogens is 3. The molecule has 0 heterocycles. The van der Waals surface area contributed by atoms with Crippen molar-refractivity contribution in [1.82, 2.24) is 16.0 Å². The normalized spacial score (nSPS) is 28.4. The predicted molar refractivity (Wildman–Crippen MR) is 124 cm³/mol. The number of rotatable bonds is 13. The van der Waals surface area contributed by atoms with Crippen LogP contribution in [0, 0.1) is 0 Å². The standard InChI is InChI=1S/C23H38F3N3O7/c1-13(30)11-22(34,12-29-9-8-14-4-6-15(7-5-14)36-23(24,25)26)21(33)35-20-17(31)10-16(27-2)19(32)18(20)28-3/h4-7,13,16-21,27-34H,8-12H2,1-3H3/t13-,16?,17?,18?,19?,20?,21?,22?/m1/s1. The van der Waals surface area contributed by atoms with E-state index in [9.17, 15) is 38.7 Å². The lowest BCUT2D eigenvalue weighted by molar-refractivity contribution is -0.274. The summed E-state index contributed by atoms with van der Waals surface area (Å²) in [7, 11) is 3.23. The van der Waals surface area contributed by atoms with Gasteiger partial charge in [0.25, 0.3) is 0 Å². The average molecular weight is 526 g/mol. The monoisotopic (exact) mass is 525 g/mol. The largest absolute Gasteiger partial charge is 0.573 e. The van der Waals surface area contributed by atoms with Crippen LogP contribution in [0.3, 0.4) is 0 Å². The molecule has 1 aromatic carbocycles. The highest BCUT2D eigenvalue weighted by Gasteiger charge is 2.47. The van der Waals surface area contributed by atoms with Gasteiger partial charge in [-0.3, -0.25) is 0 Å². The molecule has 13 heteroatoms. The molecule has 0 aromatic heterocycles. The molecular formula is C23H38F3N3O7. The maximum Gasteiger partial charge on any atom is 0.573 e. The first-order valence-electron chi connectivity index (χ1n) is 11.8. The first-order valence-corrected chi connectivity index (χ1v) is 11.8. The Balaban J connectivity index is 1.98. The molecule has 0 amide bonds. The molecule has 1 saturated carbocycles. The van der Waals surface area contributed by atoms with Crippen molar-refractivity contribution < 1.29 is 48.2 Å². The zero-order chi connectivity index (χ0) is 27.1. The van der Waals surface area contributed by atoms with Crippen molar-refractivity contribution in [2.45, 2.75) is 80.9 Å². The molecule has 36 heavy (non-hydrogen) atoms. The summed E-state index contributed by atoms with van der Waals surface area (Å²) in [5.41, 5.74) is -1.23. The Bertz CT molecular complexity index is 787. The van der Waals surface area contributed by atoms with Crippen LogP contribution in [0.5, 0.6) is 5.75 Å². The van der Waals surface area contributed by atoms with Gasteiger partial charge < -0.3 is 51.0 Å². The van der Waals surface area contributed by atoms with Gasteiger partial charge in [0.05, 0.1) is 24.4 Å². The van der Waals surface area contributed by atoms with Crippen molar-refractivity contribution in [2.75, 3.05) is 27.2 Å². The number of hydrogen-bond acceptors (Lipinski definition) is 10. The fourth-order valence-electron chi connectivity index (χ4n) is 4.46. The molecule has 1 aliphatic rings. The predicted octanol–water partition coefficient (Wildman–Crippen LogP) is -0.776. The fraction of sp³-hybridized carbons (Fsp3) is 0.739. The van der Waals surface area contributed by atoms with E-state index in [0.717, 1.165) is 0 Å². The molecule has 1 fully saturated rings. The van der Waals surface area contributed by atoms with Gasteiger partial charge in [0.15, 0.2) is 6.29 Å². The summed E-state index contributed by atoms with van der Waals surface area (Å²) in [5.74, 6) is -0.332. The van der Waals surface area contributed by atoms with Crippen LogP contribution in [0.2, 0.25) is 0 Å². The van der Waals surface area contributed by atoms with Crippen LogP contribution >= 0.6 is 0 Å². The quantitative estimate of drug-likeness (QED) is 0.122. The van der Waals surface area contributed by atoms with Gasteiger partial charge in [0, 0.05) is 19.0 Å². The molecule has 208 valence electrons. The van der Waals surface area contributed by atoms with Gasteiger partial charge in [-0.2, -0.15) is 0 Å². The maximum absolute atomic E-state index is 12.3. The van der Waals surface area contributed by atoms with Crippen LogP contribution in [-0.4, -0.2) is 107 Å². The molecule has 1 aliphatic carbocycles. The summed E-state index contributed by atoms with van der Waals surface area (Å²) in [6, 6.07) is 4.22. The third-order valence-corrected chi connectivity index (χ3v) is 6.29. The van der Waals surface area contributed by atoms with Crippen molar-refractivity contribution in [3.8, 4) is 5.75 Å². The molecule has 0 bridgehead atoms. The Hall–Kier alpha value is -1.55. The molecule has 1 aromatic rings. The SMILES string of the molecule is CNC1CC(O)C(OC(O)C(O)(CNCCc2ccc(OC(F)(F)F)cc2)C[C@@H](C)O)C(NC)C1O. The maximum atomic E-state index is 12.3. The third-order valence-electron chi connectivity index (χ3n) is 6.29. The number of benzene rings is 1. The molecule has 0 saturated heterocycles. The zero-order valence-electron chi connectivity index (χ0n) is 20.6. The summed E-state index contributed by atoms with van der Waals surface area (Å²) in [6.45, 7) is 1.54. The number of likely N-dealkylation sites (N-methyl/N-ethyl adjacent to an activating group) is 2. The van der Waals surface area contributed by atoms with Gasteiger partial charge in [-0.1, -0.05) is 12.1 Å². The van der Waals surface area contributed by atoms with E-state index in [2.05, 4.69) is 20.7 Å². The second-order valence-electron chi connectivity index (χ2n) is 9.23. The van der Waals surface area contributed by atoms with Crippen molar-refractivity contribution in [3.05, 3.63) is 29.8 Å². The molecule has 0 spiro atoms. The van der Waals surface area contributed by atoms with E-state index in [1.807, 2.05) is 0 Å². The molecule has 8 atom stereocenters. The first-order chi connectivity index (χ1) is 16.8. The summed E-state index contributed by atoms with van der Waals surface area (Å²) >= 11 is 0. The summed E-state index contributed by atoms with van der Waals surface area (Å²) in [5, 5.41) is 61.7. The van der Waals surface area contributed by atoms with E-state index in [1.54, 1.807) is 14.1 Å². The number of aliphatic hydroxyl groups excluding tert-OH is 4. The second-order valence-corrected chi connectivity index (χ2v) is 9.23. The average Bonchev–Trinajstić information content (AvgIpc) is 2.78. The van der Waals surface area contributed by atoms with E-state index in [0.29, 0.717) is 18.5 Å². The van der Waals surface area contributed by atoms with E-state index in [4.69, 9.17) is 4.74 Å². The lowest BCUT2D eigenvalue weighted by atomic mass is 9.83. The van der Waals surface area contributed by atoms with Crippen LogP contribution < -0.4 is 20.7 Å². The Labute approximate surface area is 208 Å². The van der Waals surface area contributed by atoms with Gasteiger partial charge in [0.2, 0.25) is 0 Å². The van der Waals surface area contributed by atoms with Crippen LogP contribution in [0.25, 0.3) is 0 Å². The first kappa shape index (κ1) is 30.7. The minimum Gasteiger partial charge on any atom is -0.406 e. The number of hydrogen-bond donors (Lipinski definition) is 8. The van der Waals surface area contributed by atoms with Crippen LogP contribution in [0.15, 0.2) is 24.3 Å². The fourth-order valence-corrected chi connectivity index (χ4v) is 4.46. The smallest absolute Gasteiger partial charge is 0.406 e. The van der Waals surface area contributed by atoms with Crippen molar-refractivity contribution in [1.29, 1.82) is 0 Å². The van der Waals surface area contributed by atoms with Crippen molar-refractivity contribution in [2.24, 2.45) is 0 Å². The van der Waals surface area contributed by atoms with Gasteiger partial charge in [-0.25, -0.2) is 0 Å². The Morgan fingerprint density at radius 3 is 2.25 bits per heavy atom. The lowest BCUT2D eigenvalue weighted by Crippen LogP contribution is -2.66. The summed E-state index contributed by atoms with van der Waals surface area (Å²) in [6.07, 6.45) is -10.3. The molecule has 10 nitrogen and oxygen atoms in total. The zero-order valence-corrected chi connectivity index (χ0v) is 20.6. The van der Waals surface area contributed by atoms with Gasteiger partial charge in [-0.05, 0) is 58.1 Å². The lowest BCUT2D eigenvalue weighted by Gasteiger charge is -2.45. The summed E-state index contributed by atoms with van der Waals surface area (Å²) in [4.78, 5) is 0. The Morgan fingerprint density at radius 1 is 1.08 bits per heavy atom. The van der Waals surface area contributed by atoms with E-state index < -0.39 is 54.8 Å². The third kappa shape index (κ3) is 8.78. The molecule has 8 N–H and O–H groups in total. The number of ether oxygens (including phenoxy) is 2. The number of alkyl halides is 3. The van der Waals surface area contributed by atoms with Crippen molar-refractivity contribution in [3.63, 3.8) is 0 Å². The second kappa shape index (κ2) is 13.3. The number of nitrogens with one attached hydrogen (secondary N) is 3. The van der Waals surface area contributed by atoms with Crippen LogP contribution in [0.1, 0.15) is 25.3 Å². The molecular weight excluding hydrogens is 487 g/mol. The van der Waals surface area contributed by atoms with Gasteiger partial charge in [-0.15, -0.1) is 13.2 Å². The molecule has 7 unspecified atom stereocenters. The molecule has 0 aliphatic heterocycles. The van der Waals surface area contributed by atoms with E-state index in [1.165, 1.54) is 31.2 Å². The van der Waals surface area contributed by atoms with Crippen LogP contribution in [-0.2, 0) is 11.2 Å². The highest BCUT2D eigenvalue weighted by molar-refractivity contribution is 5.27. The Morgan fingerprint density at radius 2 is 1.72 bits per heavy atom. The highest BCUT2D eigenvalue weighted by atomic mass is 19.4. The highest BCUT2D eigenvalue weighted by Crippen LogP contribution is 2.28. The molecule has 2 rings (SSSR count).